The van der Waals surface area contributed by atoms with E-state index in [1.54, 1.807) is 0 Å². The number of halogens is 3. The molecular weight excluding hydrogens is 305 g/mol. The van der Waals surface area contributed by atoms with Crippen molar-refractivity contribution in [2.75, 3.05) is 6.54 Å². The molecule has 9 heteroatoms. The third kappa shape index (κ3) is 5.08. The Bertz CT molecular complexity index is 587. The molecule has 0 spiro atoms. The zero-order valence-corrected chi connectivity index (χ0v) is 11.4. The Kier molecular flexibility index (Phi) is 5.50. The van der Waals surface area contributed by atoms with Crippen LogP contribution >= 0.6 is 0 Å². The fourth-order valence-corrected chi connectivity index (χ4v) is 1.45. The maximum atomic E-state index is 12.5. The highest BCUT2D eigenvalue weighted by molar-refractivity contribution is 5.97. The second-order valence-corrected chi connectivity index (χ2v) is 4.39. The van der Waals surface area contributed by atoms with Gasteiger partial charge in [-0.25, -0.2) is 0 Å². The number of carboxylic acid groups (broad SMARTS) is 1. The van der Waals surface area contributed by atoms with Crippen LogP contribution in [0.15, 0.2) is 24.3 Å². The molecule has 1 atom stereocenters. The highest BCUT2D eigenvalue weighted by Gasteiger charge is 2.30. The molecule has 0 bridgehead atoms. The van der Waals surface area contributed by atoms with Gasteiger partial charge in [-0.3, -0.25) is 14.4 Å². The molecule has 2 amide bonds. The molecule has 1 aromatic rings. The fraction of sp³-hybridized carbons (Fsp3) is 0.308. The Morgan fingerprint density at radius 2 is 1.91 bits per heavy atom. The van der Waals surface area contributed by atoms with Gasteiger partial charge in [0.1, 0.15) is 6.04 Å². The van der Waals surface area contributed by atoms with E-state index in [4.69, 9.17) is 5.11 Å². The van der Waals surface area contributed by atoms with Crippen molar-refractivity contribution in [1.82, 2.24) is 10.6 Å². The molecule has 1 unspecified atom stereocenters. The summed E-state index contributed by atoms with van der Waals surface area (Å²) in [4.78, 5) is 33.5. The third-order valence-electron chi connectivity index (χ3n) is 2.61. The van der Waals surface area contributed by atoms with Crippen LogP contribution in [0.2, 0.25) is 0 Å². The molecule has 1 aromatic carbocycles. The van der Waals surface area contributed by atoms with Gasteiger partial charge in [0.25, 0.3) is 5.91 Å². The second-order valence-electron chi connectivity index (χ2n) is 4.39. The van der Waals surface area contributed by atoms with Crippen LogP contribution in [0.4, 0.5) is 13.2 Å². The lowest BCUT2D eigenvalue weighted by Gasteiger charge is -2.11. The van der Waals surface area contributed by atoms with Crippen molar-refractivity contribution in [2.45, 2.75) is 19.1 Å². The average molecular weight is 318 g/mol. The summed E-state index contributed by atoms with van der Waals surface area (Å²) in [5.41, 5.74) is -1.24. The van der Waals surface area contributed by atoms with Gasteiger partial charge in [-0.1, -0.05) is 6.07 Å². The number of alkyl halides is 3. The van der Waals surface area contributed by atoms with Crippen molar-refractivity contribution >= 4 is 17.8 Å². The number of rotatable bonds is 5. The first kappa shape index (κ1) is 17.5. The summed E-state index contributed by atoms with van der Waals surface area (Å²) in [6.45, 7) is 0.682. The molecule has 3 N–H and O–H groups in total. The minimum atomic E-state index is -4.58. The summed E-state index contributed by atoms with van der Waals surface area (Å²) in [6.07, 6.45) is -4.58. The van der Waals surface area contributed by atoms with Crippen molar-refractivity contribution in [3.05, 3.63) is 35.4 Å². The summed E-state index contributed by atoms with van der Waals surface area (Å²) in [5, 5.41) is 12.8. The molecule has 0 saturated carbocycles. The fourth-order valence-electron chi connectivity index (χ4n) is 1.45. The van der Waals surface area contributed by atoms with Crippen LogP contribution in [-0.4, -0.2) is 35.5 Å². The number of hydrogen-bond donors (Lipinski definition) is 3. The Morgan fingerprint density at radius 3 is 2.45 bits per heavy atom. The first-order valence-electron chi connectivity index (χ1n) is 6.09. The Morgan fingerprint density at radius 1 is 1.27 bits per heavy atom. The smallest absolute Gasteiger partial charge is 0.416 e. The van der Waals surface area contributed by atoms with Crippen molar-refractivity contribution < 1.29 is 32.7 Å². The number of carboxylic acids is 1. The Balaban J connectivity index is 2.63. The van der Waals surface area contributed by atoms with Gasteiger partial charge in [-0.2, -0.15) is 13.2 Å². The number of hydrogen-bond acceptors (Lipinski definition) is 3. The predicted molar refractivity (Wildman–Crippen MR) is 69.0 cm³/mol. The van der Waals surface area contributed by atoms with Crippen LogP contribution in [0, 0.1) is 0 Å². The third-order valence-corrected chi connectivity index (χ3v) is 2.61. The van der Waals surface area contributed by atoms with E-state index in [0.717, 1.165) is 12.1 Å². The van der Waals surface area contributed by atoms with E-state index in [1.165, 1.54) is 13.0 Å². The van der Waals surface area contributed by atoms with E-state index in [1.807, 2.05) is 0 Å². The average Bonchev–Trinajstić information content (AvgIpc) is 2.43. The molecule has 0 radical (unpaired) electrons. The number of carbonyl (C=O) groups is 3. The van der Waals surface area contributed by atoms with Crippen molar-refractivity contribution in [2.24, 2.45) is 0 Å². The Hall–Kier alpha value is -2.58. The topological polar surface area (TPSA) is 95.5 Å². The predicted octanol–water partition coefficient (Wildman–Crippen LogP) is 1.02. The summed E-state index contributed by atoms with van der Waals surface area (Å²) in [7, 11) is 0. The van der Waals surface area contributed by atoms with Crippen LogP contribution in [-0.2, 0) is 15.8 Å². The maximum absolute atomic E-state index is 12.5. The standard InChI is InChI=1S/C13H13F3N2O4/c1-7(12(21)22)18-10(19)6-17-11(20)8-3-2-4-9(5-8)13(14,15)16/h2-5,7H,6H2,1H3,(H,17,20)(H,18,19)(H,21,22). The van der Waals surface area contributed by atoms with E-state index < -0.39 is 42.1 Å². The van der Waals surface area contributed by atoms with Crippen molar-refractivity contribution in [3.63, 3.8) is 0 Å². The molecule has 0 aromatic heterocycles. The molecule has 0 fully saturated rings. The first-order chi connectivity index (χ1) is 10.1. The highest BCUT2D eigenvalue weighted by Crippen LogP contribution is 2.29. The van der Waals surface area contributed by atoms with Gasteiger partial charge in [-0.15, -0.1) is 0 Å². The van der Waals surface area contributed by atoms with Gasteiger partial charge in [0.05, 0.1) is 12.1 Å². The van der Waals surface area contributed by atoms with Gasteiger partial charge < -0.3 is 15.7 Å². The SMILES string of the molecule is CC(NC(=O)CNC(=O)c1cccc(C(F)(F)F)c1)C(=O)O. The number of benzene rings is 1. The monoisotopic (exact) mass is 318 g/mol. The largest absolute Gasteiger partial charge is 0.480 e. The van der Waals surface area contributed by atoms with E-state index >= 15 is 0 Å². The van der Waals surface area contributed by atoms with E-state index in [0.29, 0.717) is 6.07 Å². The van der Waals surface area contributed by atoms with Gasteiger partial charge in [-0.05, 0) is 25.1 Å². The number of nitrogens with one attached hydrogen (secondary N) is 2. The van der Waals surface area contributed by atoms with Crippen LogP contribution < -0.4 is 10.6 Å². The lowest BCUT2D eigenvalue weighted by Crippen LogP contribution is -2.44. The van der Waals surface area contributed by atoms with Crippen LogP contribution in [0.1, 0.15) is 22.8 Å². The van der Waals surface area contributed by atoms with Crippen molar-refractivity contribution in [3.8, 4) is 0 Å². The van der Waals surface area contributed by atoms with Crippen molar-refractivity contribution in [1.29, 1.82) is 0 Å². The normalized spacial score (nSPS) is 12.4. The van der Waals surface area contributed by atoms with Crippen LogP contribution in [0.25, 0.3) is 0 Å². The van der Waals surface area contributed by atoms with Gasteiger partial charge in [0, 0.05) is 5.56 Å². The molecule has 0 saturated heterocycles. The molecule has 0 aliphatic carbocycles. The molecule has 22 heavy (non-hydrogen) atoms. The minimum absolute atomic E-state index is 0.256. The van der Waals surface area contributed by atoms with E-state index in [9.17, 15) is 27.6 Å². The minimum Gasteiger partial charge on any atom is -0.480 e. The molecule has 0 aliphatic rings. The Labute approximate surface area is 123 Å². The number of amides is 2. The molecule has 0 aliphatic heterocycles. The molecule has 1 rings (SSSR count). The maximum Gasteiger partial charge on any atom is 0.416 e. The summed E-state index contributed by atoms with van der Waals surface area (Å²) in [5.74, 6) is -2.89. The molecule has 6 nitrogen and oxygen atoms in total. The quantitative estimate of drug-likeness (QED) is 0.755. The van der Waals surface area contributed by atoms with E-state index in [2.05, 4.69) is 10.6 Å². The number of carbonyl (C=O) groups excluding carboxylic acids is 2. The van der Waals surface area contributed by atoms with Crippen LogP contribution in [0.3, 0.4) is 0 Å². The molecule has 120 valence electrons. The zero-order chi connectivity index (χ0) is 16.9. The summed E-state index contributed by atoms with van der Waals surface area (Å²) < 4.78 is 37.5. The number of aliphatic carboxylic acids is 1. The van der Waals surface area contributed by atoms with Crippen LogP contribution in [0.5, 0.6) is 0 Å². The lowest BCUT2D eigenvalue weighted by molar-refractivity contribution is -0.141. The van der Waals surface area contributed by atoms with Gasteiger partial charge in [0.15, 0.2) is 0 Å². The summed E-state index contributed by atoms with van der Waals surface area (Å²) in [6, 6.07) is 2.58. The first-order valence-corrected chi connectivity index (χ1v) is 6.09. The van der Waals surface area contributed by atoms with E-state index in [-0.39, 0.29) is 5.56 Å². The lowest BCUT2D eigenvalue weighted by atomic mass is 10.1. The van der Waals surface area contributed by atoms with Gasteiger partial charge in [0.2, 0.25) is 5.91 Å². The highest BCUT2D eigenvalue weighted by atomic mass is 19.4. The zero-order valence-electron chi connectivity index (χ0n) is 11.4. The molecular formula is C13H13F3N2O4. The summed E-state index contributed by atoms with van der Waals surface area (Å²) >= 11 is 0. The van der Waals surface area contributed by atoms with Gasteiger partial charge >= 0.3 is 12.1 Å². The second kappa shape index (κ2) is 6.92. The molecule has 0 heterocycles.